The third kappa shape index (κ3) is 7.31. The Morgan fingerprint density at radius 3 is 1.73 bits per heavy atom. The first-order chi connectivity index (χ1) is 27.1. The van der Waals surface area contributed by atoms with Crippen molar-refractivity contribution in [3.8, 4) is 22.3 Å². The van der Waals surface area contributed by atoms with Crippen LogP contribution < -0.4 is 0 Å². The van der Waals surface area contributed by atoms with Crippen molar-refractivity contribution in [3.05, 3.63) is 174 Å². The molecule has 2 aliphatic heterocycles. The van der Waals surface area contributed by atoms with Crippen LogP contribution in [0, 0.1) is 34.6 Å². The second kappa shape index (κ2) is 15.6. The number of aromatic nitrogens is 2. The molecule has 0 radical (unpaired) electrons. The molecule has 0 N–H and O–H groups in total. The summed E-state index contributed by atoms with van der Waals surface area (Å²) in [4.78, 5) is 45.4. The van der Waals surface area contributed by atoms with E-state index in [4.69, 9.17) is 9.97 Å². The van der Waals surface area contributed by atoms with Crippen LogP contribution in [0.25, 0.3) is 22.3 Å². The topological polar surface area (TPSA) is 66.4 Å². The van der Waals surface area contributed by atoms with Crippen molar-refractivity contribution in [1.29, 1.82) is 0 Å². The first kappa shape index (κ1) is 37.5. The molecule has 0 spiro atoms. The number of carbonyl (C=O) groups excluding carboxylic acids is 2. The monoisotopic (exact) mass is 774 g/mol. The van der Waals surface area contributed by atoms with Crippen LogP contribution in [0.15, 0.2) is 110 Å². The van der Waals surface area contributed by atoms with Crippen molar-refractivity contribution in [2.45, 2.75) is 66.0 Å². The summed E-state index contributed by atoms with van der Waals surface area (Å²) in [6.07, 6.45) is 5.82. The lowest BCUT2D eigenvalue weighted by molar-refractivity contribution is -0.127. The van der Waals surface area contributed by atoms with E-state index in [0.717, 1.165) is 39.5 Å². The molecule has 2 aliphatic rings. The summed E-state index contributed by atoms with van der Waals surface area (Å²) in [5.41, 5.74) is 13.5. The number of carbonyl (C=O) groups is 2. The number of thiophene rings is 2. The highest BCUT2D eigenvalue weighted by Gasteiger charge is 2.33. The Balaban J connectivity index is 1.06. The van der Waals surface area contributed by atoms with Crippen LogP contribution in [0.2, 0.25) is 0 Å². The number of rotatable bonds is 8. The Hall–Kier alpha value is -5.44. The Labute approximate surface area is 337 Å². The van der Waals surface area contributed by atoms with Crippen LogP contribution >= 0.6 is 22.7 Å². The molecular weight excluding hydrogens is 729 g/mol. The van der Waals surface area contributed by atoms with Gasteiger partial charge in [0.1, 0.15) is 0 Å². The summed E-state index contributed by atoms with van der Waals surface area (Å²) in [7, 11) is 0. The second-order valence-corrected chi connectivity index (χ2v) is 17.6. The molecular formula is C48H46N4O2S2. The first-order valence-corrected chi connectivity index (χ1v) is 20.9. The lowest BCUT2D eigenvalue weighted by Crippen LogP contribution is -2.37. The third-order valence-electron chi connectivity index (χ3n) is 11.2. The maximum atomic E-state index is 14.0. The summed E-state index contributed by atoms with van der Waals surface area (Å²) in [5.74, 6) is 0.00744. The van der Waals surface area contributed by atoms with Gasteiger partial charge in [-0.05, 0) is 104 Å². The first-order valence-electron chi connectivity index (χ1n) is 19.2. The van der Waals surface area contributed by atoms with Crippen molar-refractivity contribution in [2.75, 3.05) is 13.1 Å². The number of hydrogen-bond acceptors (Lipinski definition) is 6. The van der Waals surface area contributed by atoms with E-state index in [2.05, 4.69) is 112 Å². The number of allylic oxidation sites excluding steroid dienone is 1. The van der Waals surface area contributed by atoms with E-state index in [-0.39, 0.29) is 23.7 Å². The average Bonchev–Trinajstić information content (AvgIpc) is 3.79. The van der Waals surface area contributed by atoms with Gasteiger partial charge in [-0.1, -0.05) is 73.3 Å². The lowest BCUT2D eigenvalue weighted by atomic mass is 9.83. The van der Waals surface area contributed by atoms with E-state index in [1.807, 2.05) is 29.7 Å². The average molecular weight is 775 g/mol. The Bertz CT molecular complexity index is 2530. The molecule has 56 heavy (non-hydrogen) atoms. The van der Waals surface area contributed by atoms with Crippen LogP contribution in [0.3, 0.4) is 0 Å². The van der Waals surface area contributed by atoms with Gasteiger partial charge in [0, 0.05) is 84.8 Å². The number of aryl methyl sites for hydroxylation is 5. The quantitative estimate of drug-likeness (QED) is 0.145. The zero-order chi connectivity index (χ0) is 39.1. The highest BCUT2D eigenvalue weighted by atomic mass is 32.1. The highest BCUT2D eigenvalue weighted by molar-refractivity contribution is 7.12. The van der Waals surface area contributed by atoms with Crippen LogP contribution in [0.5, 0.6) is 0 Å². The molecule has 0 fully saturated rings. The molecule has 282 valence electrons. The van der Waals surface area contributed by atoms with Gasteiger partial charge in [0.05, 0.1) is 13.1 Å². The lowest BCUT2D eigenvalue weighted by Gasteiger charge is -2.33. The number of fused-ring (bicyclic) bond motifs is 2. The van der Waals surface area contributed by atoms with Crippen molar-refractivity contribution in [1.82, 2.24) is 19.8 Å². The van der Waals surface area contributed by atoms with E-state index < -0.39 is 0 Å². The summed E-state index contributed by atoms with van der Waals surface area (Å²) < 4.78 is 0. The van der Waals surface area contributed by atoms with Gasteiger partial charge < -0.3 is 9.80 Å². The molecule has 0 bridgehead atoms. The maximum absolute atomic E-state index is 14.0. The van der Waals surface area contributed by atoms with Crippen molar-refractivity contribution in [3.63, 3.8) is 0 Å². The van der Waals surface area contributed by atoms with Gasteiger partial charge in [0.15, 0.2) is 0 Å². The number of amides is 2. The fourth-order valence-electron chi connectivity index (χ4n) is 8.55. The number of pyridine rings is 2. The molecule has 2 amide bonds. The van der Waals surface area contributed by atoms with E-state index in [1.165, 1.54) is 53.4 Å². The summed E-state index contributed by atoms with van der Waals surface area (Å²) in [5, 5.41) is 0. The summed E-state index contributed by atoms with van der Waals surface area (Å²) in [6, 6.07) is 30.2. The largest absolute Gasteiger partial charge is 0.333 e. The van der Waals surface area contributed by atoms with Crippen LogP contribution in [0.4, 0.5) is 0 Å². The Morgan fingerprint density at radius 2 is 1.18 bits per heavy atom. The number of hydrogen-bond donors (Lipinski definition) is 0. The van der Waals surface area contributed by atoms with Crippen molar-refractivity contribution < 1.29 is 9.59 Å². The van der Waals surface area contributed by atoms with Gasteiger partial charge in [0.2, 0.25) is 11.8 Å². The van der Waals surface area contributed by atoms with Gasteiger partial charge in [0.25, 0.3) is 0 Å². The van der Waals surface area contributed by atoms with Gasteiger partial charge in [-0.2, -0.15) is 0 Å². The van der Waals surface area contributed by atoms with Crippen molar-refractivity contribution in [2.24, 2.45) is 0 Å². The SMILES string of the molecule is C=CC(=O)N1Cc2sc(C/C=C/C(=O)N3Cc4sc(C)cc4[C@@H](c4ccccc4-c4ccc(C)nc4C)C3)cc2[C@H](c2ccccc2-c2ccc(C)nc2C)C1. The zero-order valence-corrected chi connectivity index (χ0v) is 34.3. The van der Waals surface area contributed by atoms with Gasteiger partial charge in [-0.3, -0.25) is 19.6 Å². The molecule has 6 aromatic rings. The van der Waals surface area contributed by atoms with Crippen LogP contribution in [-0.2, 0) is 29.1 Å². The fourth-order valence-corrected chi connectivity index (χ4v) is 10.9. The standard InChI is InChI=1S/C48H46N4O2S2/c1-7-47(53)51-25-44(40-17-11-9-15-38(40)36-22-20-30(3)50-33(36)6)42-24-34(56-46(42)28-51)13-12-18-48(54)52-26-43(41-23-31(4)55-45(41)27-52)39-16-10-8-14-37(39)35-21-19-29(2)49-32(35)5/h7-12,14-24,43-44H,1,13,25-28H2,2-6H3/b18-12+/t43-,44+/m1/s1. The number of benzene rings is 2. The molecule has 0 saturated heterocycles. The summed E-state index contributed by atoms with van der Waals surface area (Å²) in [6.45, 7) is 16.5. The van der Waals surface area contributed by atoms with Gasteiger partial charge >= 0.3 is 0 Å². The second-order valence-electron chi connectivity index (χ2n) is 15.0. The molecule has 0 aliphatic carbocycles. The van der Waals surface area contributed by atoms with E-state index in [1.54, 1.807) is 28.7 Å². The van der Waals surface area contributed by atoms with Crippen LogP contribution in [0.1, 0.15) is 76.4 Å². The van der Waals surface area contributed by atoms with E-state index >= 15 is 0 Å². The smallest absolute Gasteiger partial charge is 0.246 e. The minimum absolute atomic E-state index is 0.00810. The molecule has 6 heterocycles. The Kier molecular flexibility index (Phi) is 10.4. The predicted molar refractivity (Wildman–Crippen MR) is 229 cm³/mol. The van der Waals surface area contributed by atoms with E-state index in [9.17, 15) is 9.59 Å². The maximum Gasteiger partial charge on any atom is 0.246 e. The minimum Gasteiger partial charge on any atom is -0.333 e. The van der Waals surface area contributed by atoms with Gasteiger partial charge in [-0.15, -0.1) is 22.7 Å². The molecule has 8 heteroatoms. The normalized spacial score (nSPS) is 16.5. The fraction of sp³-hybridized carbons (Fsp3) is 0.250. The molecule has 0 unspecified atom stereocenters. The Morgan fingerprint density at radius 1 is 0.661 bits per heavy atom. The molecule has 2 aromatic carbocycles. The van der Waals surface area contributed by atoms with Crippen molar-refractivity contribution >= 4 is 34.5 Å². The minimum atomic E-state index is -0.0658. The molecule has 6 nitrogen and oxygen atoms in total. The molecule has 4 aromatic heterocycles. The zero-order valence-electron chi connectivity index (χ0n) is 32.6. The van der Waals surface area contributed by atoms with Crippen LogP contribution in [-0.4, -0.2) is 44.7 Å². The predicted octanol–water partition coefficient (Wildman–Crippen LogP) is 10.4. The highest BCUT2D eigenvalue weighted by Crippen LogP contribution is 2.44. The number of nitrogens with zero attached hydrogens (tertiary/aromatic N) is 4. The molecule has 8 rings (SSSR count). The van der Waals surface area contributed by atoms with E-state index in [0.29, 0.717) is 32.6 Å². The third-order valence-corrected chi connectivity index (χ3v) is 13.4. The summed E-state index contributed by atoms with van der Waals surface area (Å²) >= 11 is 3.52. The van der Waals surface area contributed by atoms with Gasteiger partial charge in [-0.25, -0.2) is 0 Å². The molecule has 0 saturated carbocycles. The molecule has 2 atom stereocenters.